The maximum atomic E-state index is 13.4. The molecule has 2 aromatic carbocycles. The van der Waals surface area contributed by atoms with Crippen LogP contribution in [0.3, 0.4) is 0 Å². The summed E-state index contributed by atoms with van der Waals surface area (Å²) in [6.45, 7) is 1.70. The van der Waals surface area contributed by atoms with Gasteiger partial charge in [0.05, 0.1) is 33.3 Å². The van der Waals surface area contributed by atoms with Crippen molar-refractivity contribution in [2.75, 3.05) is 0 Å². The van der Waals surface area contributed by atoms with Crippen molar-refractivity contribution in [1.82, 2.24) is 14.5 Å². The number of amides is 2. The minimum Gasteiger partial charge on any atom is -0.269 e. The summed E-state index contributed by atoms with van der Waals surface area (Å²) in [5.41, 5.74) is 0.944. The van der Waals surface area contributed by atoms with Crippen molar-refractivity contribution in [3.63, 3.8) is 0 Å². The van der Waals surface area contributed by atoms with E-state index in [4.69, 9.17) is 11.6 Å². The third-order valence-electron chi connectivity index (χ3n) is 5.19. The zero-order valence-corrected chi connectivity index (χ0v) is 17.3. The lowest BCUT2D eigenvalue weighted by molar-refractivity contribution is 0.0587. The Morgan fingerprint density at radius 1 is 0.933 bits per heavy atom. The maximum absolute atomic E-state index is 13.4. The second-order valence-corrected chi connectivity index (χ2v) is 8.18. The van der Waals surface area contributed by atoms with Gasteiger partial charge in [-0.3, -0.25) is 23.9 Å². The molecule has 0 bridgehead atoms. The van der Waals surface area contributed by atoms with Crippen LogP contribution in [0.5, 0.6) is 0 Å². The van der Waals surface area contributed by atoms with Crippen molar-refractivity contribution >= 4 is 45.0 Å². The monoisotopic (exact) mass is 435 g/mol. The van der Waals surface area contributed by atoms with E-state index in [0.717, 1.165) is 4.90 Å². The van der Waals surface area contributed by atoms with E-state index < -0.39 is 17.9 Å². The van der Waals surface area contributed by atoms with Crippen LogP contribution in [0.1, 0.15) is 39.5 Å². The summed E-state index contributed by atoms with van der Waals surface area (Å²) in [4.78, 5) is 45.7. The average molecular weight is 436 g/mol. The van der Waals surface area contributed by atoms with Crippen LogP contribution >= 0.6 is 22.9 Å². The molecule has 0 saturated carbocycles. The van der Waals surface area contributed by atoms with Gasteiger partial charge in [0.15, 0.2) is 0 Å². The molecule has 6 nitrogen and oxygen atoms in total. The number of para-hydroxylation sites is 1. The van der Waals surface area contributed by atoms with Gasteiger partial charge < -0.3 is 0 Å². The third-order valence-corrected chi connectivity index (χ3v) is 6.49. The smallest absolute Gasteiger partial charge is 0.268 e. The maximum Gasteiger partial charge on any atom is 0.268 e. The van der Waals surface area contributed by atoms with Crippen LogP contribution in [-0.2, 0) is 0 Å². The van der Waals surface area contributed by atoms with Crippen molar-refractivity contribution in [2.24, 2.45) is 0 Å². The first kappa shape index (κ1) is 18.7. The molecule has 3 heterocycles. The lowest BCUT2D eigenvalue weighted by atomic mass is 10.1. The number of hydrogen-bond donors (Lipinski definition) is 0. The molecule has 2 aromatic heterocycles. The van der Waals surface area contributed by atoms with Gasteiger partial charge in [0, 0.05) is 5.38 Å². The van der Waals surface area contributed by atoms with Gasteiger partial charge in [0.2, 0.25) is 0 Å². The molecule has 148 valence electrons. The Hall–Kier alpha value is -3.29. The van der Waals surface area contributed by atoms with E-state index in [1.165, 1.54) is 15.9 Å². The van der Waals surface area contributed by atoms with Gasteiger partial charge >= 0.3 is 0 Å². The molecule has 0 fully saturated rings. The van der Waals surface area contributed by atoms with Crippen LogP contribution in [0.25, 0.3) is 15.9 Å². The standard InChI is InChI=1S/C22H14ClN3O3S/c1-12(25-20(27)14-9-5-6-10-15(14)21(25)28)18-24-19-17(16(23)11-30-19)22(29)26(18)13-7-3-2-4-8-13/h2-12H,1H3. The second kappa shape index (κ2) is 6.90. The quantitative estimate of drug-likeness (QED) is 0.445. The predicted octanol–water partition coefficient (Wildman–Crippen LogP) is 4.46. The molecule has 2 amide bonds. The SMILES string of the molecule is CC(c1nc2scc(Cl)c2c(=O)n1-c1ccccc1)N1C(=O)c2ccccc2C1=O. The van der Waals surface area contributed by atoms with E-state index in [9.17, 15) is 14.4 Å². The summed E-state index contributed by atoms with van der Waals surface area (Å²) < 4.78 is 1.43. The van der Waals surface area contributed by atoms with Gasteiger partial charge in [-0.2, -0.15) is 0 Å². The first-order chi connectivity index (χ1) is 14.5. The van der Waals surface area contributed by atoms with E-state index in [2.05, 4.69) is 4.98 Å². The van der Waals surface area contributed by atoms with Crippen LogP contribution in [0.15, 0.2) is 64.8 Å². The number of hydrogen-bond acceptors (Lipinski definition) is 5. The molecule has 1 aliphatic heterocycles. The molecule has 1 unspecified atom stereocenters. The molecule has 8 heteroatoms. The zero-order valence-electron chi connectivity index (χ0n) is 15.7. The number of thiophene rings is 1. The van der Waals surface area contributed by atoms with Crippen LogP contribution in [0, 0.1) is 0 Å². The zero-order chi connectivity index (χ0) is 21.0. The number of rotatable bonds is 3. The molecule has 0 N–H and O–H groups in total. The summed E-state index contributed by atoms with van der Waals surface area (Å²) in [5.74, 6) is -0.505. The van der Waals surface area contributed by atoms with Gasteiger partial charge in [-0.1, -0.05) is 41.9 Å². The number of imide groups is 1. The molecule has 5 rings (SSSR count). The minimum absolute atomic E-state index is 0.298. The number of carbonyl (C=O) groups is 2. The second-order valence-electron chi connectivity index (χ2n) is 6.91. The number of aromatic nitrogens is 2. The highest BCUT2D eigenvalue weighted by molar-refractivity contribution is 7.17. The van der Waals surface area contributed by atoms with E-state index in [0.29, 0.717) is 37.9 Å². The number of benzene rings is 2. The number of fused-ring (bicyclic) bond motifs is 2. The Bertz CT molecular complexity index is 1360. The largest absolute Gasteiger partial charge is 0.269 e. The van der Waals surface area contributed by atoms with Crippen LogP contribution < -0.4 is 5.56 Å². The van der Waals surface area contributed by atoms with Crippen LogP contribution in [0.2, 0.25) is 5.02 Å². The first-order valence-electron chi connectivity index (χ1n) is 9.21. The third kappa shape index (κ3) is 2.63. The van der Waals surface area contributed by atoms with Gasteiger partial charge in [-0.15, -0.1) is 11.3 Å². The summed E-state index contributed by atoms with van der Waals surface area (Å²) in [6.07, 6.45) is 0. The molecular weight excluding hydrogens is 422 g/mol. The molecule has 1 aliphatic rings. The number of halogens is 1. The molecule has 0 saturated heterocycles. The molecule has 0 aliphatic carbocycles. The van der Waals surface area contributed by atoms with E-state index in [1.807, 2.05) is 6.07 Å². The van der Waals surface area contributed by atoms with Crippen molar-refractivity contribution < 1.29 is 9.59 Å². The Balaban J connectivity index is 1.74. The Morgan fingerprint density at radius 2 is 1.53 bits per heavy atom. The van der Waals surface area contributed by atoms with Crippen molar-refractivity contribution in [3.05, 3.63) is 92.3 Å². The van der Waals surface area contributed by atoms with Gasteiger partial charge in [0.25, 0.3) is 17.4 Å². The fourth-order valence-electron chi connectivity index (χ4n) is 3.76. The van der Waals surface area contributed by atoms with Crippen molar-refractivity contribution in [1.29, 1.82) is 0 Å². The van der Waals surface area contributed by atoms with Crippen LogP contribution in [0.4, 0.5) is 0 Å². The summed E-state index contributed by atoms with van der Waals surface area (Å²) >= 11 is 7.49. The summed E-state index contributed by atoms with van der Waals surface area (Å²) in [5, 5.41) is 2.31. The predicted molar refractivity (Wildman–Crippen MR) is 116 cm³/mol. The highest BCUT2D eigenvalue weighted by atomic mass is 35.5. The Kier molecular flexibility index (Phi) is 4.30. The topological polar surface area (TPSA) is 72.3 Å². The van der Waals surface area contributed by atoms with E-state index in [1.54, 1.807) is 60.8 Å². The lowest BCUT2D eigenvalue weighted by Gasteiger charge is -2.24. The van der Waals surface area contributed by atoms with Gasteiger partial charge in [-0.25, -0.2) is 4.98 Å². The molecular formula is C22H14ClN3O3S. The Morgan fingerprint density at radius 3 is 2.17 bits per heavy atom. The van der Waals surface area contributed by atoms with Crippen molar-refractivity contribution in [2.45, 2.75) is 13.0 Å². The molecule has 30 heavy (non-hydrogen) atoms. The highest BCUT2D eigenvalue weighted by Gasteiger charge is 2.40. The van der Waals surface area contributed by atoms with Gasteiger partial charge in [0.1, 0.15) is 10.7 Å². The summed E-state index contributed by atoms with van der Waals surface area (Å²) in [7, 11) is 0. The lowest BCUT2D eigenvalue weighted by Crippen LogP contribution is -2.36. The van der Waals surface area contributed by atoms with E-state index in [-0.39, 0.29) is 5.56 Å². The first-order valence-corrected chi connectivity index (χ1v) is 10.5. The number of carbonyl (C=O) groups excluding carboxylic acids is 2. The minimum atomic E-state index is -0.768. The Labute approximate surface area is 180 Å². The molecule has 0 spiro atoms. The van der Waals surface area contributed by atoms with Gasteiger partial charge in [-0.05, 0) is 31.2 Å². The van der Waals surface area contributed by atoms with Crippen LogP contribution in [-0.4, -0.2) is 26.3 Å². The number of nitrogens with zero attached hydrogens (tertiary/aromatic N) is 3. The molecule has 4 aromatic rings. The fraction of sp³-hybridized carbons (Fsp3) is 0.0909. The average Bonchev–Trinajstić information content (AvgIpc) is 3.26. The fourth-order valence-corrected chi connectivity index (χ4v) is 4.91. The van der Waals surface area contributed by atoms with E-state index >= 15 is 0 Å². The summed E-state index contributed by atoms with van der Waals surface area (Å²) in [6, 6.07) is 14.9. The normalized spacial score (nSPS) is 14.4. The molecule has 1 atom stereocenters. The van der Waals surface area contributed by atoms with Crippen molar-refractivity contribution in [3.8, 4) is 5.69 Å². The molecule has 0 radical (unpaired) electrons. The highest BCUT2D eigenvalue weighted by Crippen LogP contribution is 2.33.